The lowest BCUT2D eigenvalue weighted by molar-refractivity contribution is 0.501. The highest BCUT2D eigenvalue weighted by Gasteiger charge is 2.13. The minimum absolute atomic E-state index is 0.00771. The minimum atomic E-state index is -0.684. The Balaban J connectivity index is 3.73. The normalized spacial score (nSPS) is 10.2. The van der Waals surface area contributed by atoms with Crippen LogP contribution in [-0.4, -0.2) is 13.7 Å². The lowest BCUT2D eigenvalue weighted by atomic mass is 10.5. The van der Waals surface area contributed by atoms with E-state index in [9.17, 15) is 14.4 Å². The van der Waals surface area contributed by atoms with E-state index in [2.05, 4.69) is 35.7 Å². The number of aromatic nitrogens is 3. The second-order valence-corrected chi connectivity index (χ2v) is 4.87. The van der Waals surface area contributed by atoms with Crippen molar-refractivity contribution in [3.8, 4) is 0 Å². The van der Waals surface area contributed by atoms with E-state index in [-0.39, 0.29) is 19.6 Å². The van der Waals surface area contributed by atoms with Gasteiger partial charge < -0.3 is 0 Å². The lowest BCUT2D eigenvalue weighted by Gasteiger charge is -2.11. The molecule has 0 saturated heterocycles. The zero-order valence-corrected chi connectivity index (χ0v) is 11.9. The molecule has 0 aliphatic carbocycles. The first-order valence-electron chi connectivity index (χ1n) is 5.43. The number of halogens is 1. The van der Waals surface area contributed by atoms with Gasteiger partial charge in [-0.25, -0.2) is 28.1 Å². The smallest absolute Gasteiger partial charge is 0.247 e. The molecule has 0 aromatic carbocycles. The monoisotopic (exact) mass is 327 g/mol. The molecule has 6 nitrogen and oxygen atoms in total. The van der Waals surface area contributed by atoms with Gasteiger partial charge in [0.15, 0.2) is 0 Å². The molecule has 7 heteroatoms. The van der Waals surface area contributed by atoms with Crippen molar-refractivity contribution in [2.45, 2.75) is 19.6 Å². The van der Waals surface area contributed by atoms with Crippen molar-refractivity contribution < 1.29 is 0 Å². The Bertz CT molecular complexity index is 645. The third-order valence-corrected chi connectivity index (χ3v) is 2.59. The first-order valence-corrected chi connectivity index (χ1v) is 6.22. The fourth-order valence-electron chi connectivity index (χ4n) is 1.56. The molecule has 0 aliphatic heterocycles. The molecule has 0 amide bonds. The van der Waals surface area contributed by atoms with Crippen molar-refractivity contribution in [1.82, 2.24) is 13.7 Å². The molecule has 19 heavy (non-hydrogen) atoms. The Hall–Kier alpha value is -1.89. The highest BCUT2D eigenvalue weighted by Crippen LogP contribution is 2.00. The molecule has 0 N–H and O–H groups in total. The molecule has 0 fully saturated rings. The lowest BCUT2D eigenvalue weighted by Crippen LogP contribution is -2.54. The number of hydrogen-bond donors (Lipinski definition) is 0. The SMILES string of the molecule is C=CCn1c(=O)n(CC=C)c(=O)n(CC(=C)Br)c1=O. The van der Waals surface area contributed by atoms with Gasteiger partial charge in [-0.05, 0) is 0 Å². The van der Waals surface area contributed by atoms with Crippen LogP contribution in [0.2, 0.25) is 0 Å². The van der Waals surface area contributed by atoms with Crippen LogP contribution in [0.25, 0.3) is 0 Å². The van der Waals surface area contributed by atoms with Gasteiger partial charge in [-0.3, -0.25) is 0 Å². The van der Waals surface area contributed by atoms with Crippen molar-refractivity contribution in [3.63, 3.8) is 0 Å². The maximum absolute atomic E-state index is 12.1. The molecular weight excluding hydrogens is 314 g/mol. The minimum Gasteiger partial charge on any atom is -0.247 e. The largest absolute Gasteiger partial charge is 0.336 e. The summed E-state index contributed by atoms with van der Waals surface area (Å²) in [5.74, 6) is 0. The van der Waals surface area contributed by atoms with Crippen LogP contribution in [0.1, 0.15) is 0 Å². The third-order valence-electron chi connectivity index (χ3n) is 2.34. The second kappa shape index (κ2) is 6.33. The van der Waals surface area contributed by atoms with E-state index < -0.39 is 17.1 Å². The van der Waals surface area contributed by atoms with Gasteiger partial charge >= 0.3 is 17.1 Å². The summed E-state index contributed by atoms with van der Waals surface area (Å²) < 4.78 is 3.27. The first kappa shape index (κ1) is 15.2. The Morgan fingerprint density at radius 2 is 1.32 bits per heavy atom. The first-order chi connectivity index (χ1) is 8.93. The van der Waals surface area contributed by atoms with Crippen LogP contribution in [0.5, 0.6) is 0 Å². The van der Waals surface area contributed by atoms with Gasteiger partial charge in [0.1, 0.15) is 0 Å². The summed E-state index contributed by atoms with van der Waals surface area (Å²) in [6.07, 6.45) is 2.83. The van der Waals surface area contributed by atoms with Crippen LogP contribution in [0.4, 0.5) is 0 Å². The van der Waals surface area contributed by atoms with Crippen molar-refractivity contribution in [1.29, 1.82) is 0 Å². The van der Waals surface area contributed by atoms with E-state index in [1.54, 1.807) is 0 Å². The zero-order valence-electron chi connectivity index (χ0n) is 10.3. The Labute approximate surface area is 117 Å². The Kier molecular flexibility index (Phi) is 5.05. The summed E-state index contributed by atoms with van der Waals surface area (Å²) in [4.78, 5) is 36.2. The summed E-state index contributed by atoms with van der Waals surface area (Å²) in [5.41, 5.74) is -2.04. The molecule has 0 radical (unpaired) electrons. The fraction of sp³-hybridized carbons (Fsp3) is 0.250. The number of allylic oxidation sites excluding steroid dienone is 3. The summed E-state index contributed by atoms with van der Waals surface area (Å²) in [6.45, 7) is 10.6. The number of nitrogens with zero attached hydrogens (tertiary/aromatic N) is 3. The van der Waals surface area contributed by atoms with Crippen LogP contribution >= 0.6 is 15.9 Å². The molecule has 1 rings (SSSR count). The van der Waals surface area contributed by atoms with Gasteiger partial charge in [0, 0.05) is 4.48 Å². The second-order valence-electron chi connectivity index (χ2n) is 3.75. The summed E-state index contributed by atoms with van der Waals surface area (Å²) in [5, 5.41) is 0. The molecule has 0 atom stereocenters. The van der Waals surface area contributed by atoms with Crippen molar-refractivity contribution >= 4 is 15.9 Å². The van der Waals surface area contributed by atoms with Gasteiger partial charge in [0.2, 0.25) is 0 Å². The van der Waals surface area contributed by atoms with E-state index in [1.165, 1.54) is 12.2 Å². The highest BCUT2D eigenvalue weighted by atomic mass is 79.9. The average molecular weight is 328 g/mol. The topological polar surface area (TPSA) is 66.0 Å². The summed E-state index contributed by atoms with van der Waals surface area (Å²) in [6, 6.07) is 0. The maximum atomic E-state index is 12.1. The van der Waals surface area contributed by atoms with Crippen molar-refractivity contribution in [2.75, 3.05) is 0 Å². The maximum Gasteiger partial charge on any atom is 0.336 e. The molecule has 1 aromatic heterocycles. The van der Waals surface area contributed by atoms with E-state index >= 15 is 0 Å². The average Bonchev–Trinajstić information content (AvgIpc) is 2.35. The van der Waals surface area contributed by atoms with Gasteiger partial charge in [0.05, 0.1) is 19.6 Å². The molecule has 1 heterocycles. The molecule has 0 spiro atoms. The predicted molar refractivity (Wildman–Crippen MR) is 77.7 cm³/mol. The van der Waals surface area contributed by atoms with Gasteiger partial charge in [0.25, 0.3) is 0 Å². The molecular formula is C12H14BrN3O3. The van der Waals surface area contributed by atoms with Crippen LogP contribution in [-0.2, 0) is 19.6 Å². The van der Waals surface area contributed by atoms with Crippen LogP contribution in [0, 0.1) is 0 Å². The summed E-state index contributed by atoms with van der Waals surface area (Å²) >= 11 is 3.10. The van der Waals surface area contributed by atoms with Gasteiger partial charge in [-0.2, -0.15) is 0 Å². The van der Waals surface area contributed by atoms with E-state index in [0.29, 0.717) is 4.48 Å². The third kappa shape index (κ3) is 3.11. The van der Waals surface area contributed by atoms with Gasteiger partial charge in [-0.1, -0.05) is 34.7 Å². The van der Waals surface area contributed by atoms with Gasteiger partial charge in [-0.15, -0.1) is 13.2 Å². The Morgan fingerprint density at radius 1 is 0.947 bits per heavy atom. The van der Waals surface area contributed by atoms with E-state index in [4.69, 9.17) is 0 Å². The fourth-order valence-corrected chi connectivity index (χ4v) is 1.81. The van der Waals surface area contributed by atoms with Crippen molar-refractivity contribution in [3.05, 3.63) is 67.8 Å². The number of hydrogen-bond acceptors (Lipinski definition) is 3. The zero-order chi connectivity index (χ0) is 14.6. The Morgan fingerprint density at radius 3 is 1.63 bits per heavy atom. The highest BCUT2D eigenvalue weighted by molar-refractivity contribution is 9.11. The molecule has 0 unspecified atom stereocenters. The van der Waals surface area contributed by atoms with Crippen LogP contribution < -0.4 is 17.1 Å². The standard InChI is InChI=1S/C12H14BrN3O3/c1-4-6-14-10(17)15(7-5-2)12(19)16(11(14)18)8-9(3)13/h4-5H,1-3,6-8H2. The molecule has 0 saturated carbocycles. The predicted octanol–water partition coefficient (Wildman–Crippen LogP) is 0.452. The number of rotatable bonds is 6. The van der Waals surface area contributed by atoms with Crippen LogP contribution in [0.3, 0.4) is 0 Å². The van der Waals surface area contributed by atoms with Crippen molar-refractivity contribution in [2.24, 2.45) is 0 Å². The quantitative estimate of drug-likeness (QED) is 0.713. The molecule has 0 aliphatic rings. The molecule has 102 valence electrons. The summed E-state index contributed by atoms with van der Waals surface area (Å²) in [7, 11) is 0. The molecule has 0 bridgehead atoms. The van der Waals surface area contributed by atoms with E-state index in [1.807, 2.05) is 0 Å². The van der Waals surface area contributed by atoms with E-state index in [0.717, 1.165) is 13.7 Å². The van der Waals surface area contributed by atoms with Crippen LogP contribution in [0.15, 0.2) is 50.8 Å². The molecule has 1 aromatic rings.